The number of carbonyl (C=O) groups is 2. The van der Waals surface area contributed by atoms with E-state index in [0.29, 0.717) is 12.8 Å². The molecule has 8 unspecified atom stereocenters. The Labute approximate surface area is 425 Å². The van der Waals surface area contributed by atoms with Gasteiger partial charge in [0.15, 0.2) is 12.4 Å². The van der Waals surface area contributed by atoms with Gasteiger partial charge >= 0.3 is 5.97 Å². The lowest BCUT2D eigenvalue weighted by molar-refractivity contribution is -0.305. The number of hydrogen-bond donors (Lipinski definition) is 6. The van der Waals surface area contributed by atoms with E-state index in [1.54, 1.807) is 12.2 Å². The van der Waals surface area contributed by atoms with Crippen molar-refractivity contribution in [1.82, 2.24) is 5.32 Å². The van der Waals surface area contributed by atoms with Gasteiger partial charge in [0.2, 0.25) is 5.91 Å². The van der Waals surface area contributed by atoms with E-state index in [9.17, 15) is 35.1 Å². The van der Waals surface area contributed by atoms with Gasteiger partial charge in [-0.3, -0.25) is 9.59 Å². The molecule has 1 fully saturated rings. The van der Waals surface area contributed by atoms with Gasteiger partial charge in [-0.15, -0.1) is 0 Å². The molecule has 11 nitrogen and oxygen atoms in total. The number of unbranched alkanes of at least 4 members (excludes halogenated alkanes) is 17. The van der Waals surface area contributed by atoms with E-state index in [-0.39, 0.29) is 19.4 Å². The molecule has 1 aliphatic rings. The number of aliphatic hydroxyl groups is 5. The van der Waals surface area contributed by atoms with Gasteiger partial charge in [0.05, 0.1) is 25.4 Å². The first-order chi connectivity index (χ1) is 34.2. The molecule has 1 aliphatic heterocycles. The number of nitrogens with one attached hydrogen (secondary N) is 1. The van der Waals surface area contributed by atoms with Gasteiger partial charge < -0.3 is 45.1 Å². The van der Waals surface area contributed by atoms with Gasteiger partial charge in [0.25, 0.3) is 0 Å². The Bertz CT molecular complexity index is 1500. The fourth-order valence-corrected chi connectivity index (χ4v) is 7.82. The van der Waals surface area contributed by atoms with Crippen LogP contribution in [0, 0.1) is 0 Å². The van der Waals surface area contributed by atoms with Crippen LogP contribution in [0.5, 0.6) is 0 Å². The predicted octanol–water partition coefficient (Wildman–Crippen LogP) is 12.0. The molecule has 400 valence electrons. The summed E-state index contributed by atoms with van der Waals surface area (Å²) in [5.74, 6) is -1.30. The molecule has 0 aromatic heterocycles. The zero-order valence-corrected chi connectivity index (χ0v) is 43.8. The van der Waals surface area contributed by atoms with E-state index < -0.39 is 67.4 Å². The molecule has 0 saturated carbocycles. The zero-order chi connectivity index (χ0) is 51.1. The fraction of sp³-hybridized carbons (Fsp3) is 0.695. The Hall–Kier alpha value is -3.42. The first-order valence-corrected chi connectivity index (χ1v) is 27.5. The lowest BCUT2D eigenvalue weighted by Gasteiger charge is -2.41. The molecule has 1 rings (SSSR count). The van der Waals surface area contributed by atoms with E-state index in [1.807, 2.05) is 18.2 Å². The Balaban J connectivity index is 2.82. The summed E-state index contributed by atoms with van der Waals surface area (Å²) in [4.78, 5) is 26.3. The number of ether oxygens (including phenoxy) is 3. The van der Waals surface area contributed by atoms with E-state index in [4.69, 9.17) is 14.2 Å². The standard InChI is InChI=1S/C59H99NO10/c1-4-7-10-13-16-19-22-24-25-26-27-28-29-32-34-37-40-43-46-52(63)58(67)60-50(51(62)45-42-39-36-33-31-23-20-17-14-11-8-5-2)49-68-59-57(56(66)55(65)53(48-61)69-59)70-54(64)47-44-41-38-35-30-21-18-15-12-9-6-3/h7,10,15-16,18-19,24-25,27-28,32,34,40,42-43,45,50-53,55-57,59,61-63,65-66H,4-6,8-9,11-14,17,20-23,26,29-31,33,35-39,41,44,46-49H2,1-3H3,(H,60,67)/b10-7-,18-15-,19-16-,25-24-,28-27-,34-32-,43-40-,45-42+. The molecular formula is C59H99NO10. The number of rotatable bonds is 44. The van der Waals surface area contributed by atoms with Crippen LogP contribution in [0.25, 0.3) is 0 Å². The first kappa shape index (κ1) is 64.6. The van der Waals surface area contributed by atoms with Crippen molar-refractivity contribution in [2.75, 3.05) is 13.2 Å². The molecule has 0 aromatic rings. The molecule has 0 bridgehead atoms. The van der Waals surface area contributed by atoms with Crippen LogP contribution >= 0.6 is 0 Å². The minimum atomic E-state index is -1.63. The van der Waals surface area contributed by atoms with E-state index in [1.165, 1.54) is 57.8 Å². The summed E-state index contributed by atoms with van der Waals surface area (Å²) < 4.78 is 17.5. The summed E-state index contributed by atoms with van der Waals surface area (Å²) in [6, 6.07) is -1.07. The number of hydrogen-bond acceptors (Lipinski definition) is 10. The second kappa shape index (κ2) is 46.6. The fourth-order valence-electron chi connectivity index (χ4n) is 7.82. The molecule has 1 heterocycles. The normalized spacial score (nSPS) is 20.5. The molecule has 1 amide bonds. The van der Waals surface area contributed by atoms with Crippen LogP contribution in [0.3, 0.4) is 0 Å². The molecule has 8 atom stereocenters. The average molecular weight is 982 g/mol. The van der Waals surface area contributed by atoms with E-state index in [2.05, 4.69) is 92.9 Å². The van der Waals surface area contributed by atoms with Crippen molar-refractivity contribution < 1.29 is 49.3 Å². The molecule has 0 aliphatic carbocycles. The Kier molecular flexibility index (Phi) is 43.0. The maximum atomic E-state index is 13.3. The molecule has 11 heteroatoms. The Morgan fingerprint density at radius 2 is 1.04 bits per heavy atom. The third-order valence-electron chi connectivity index (χ3n) is 12.2. The van der Waals surface area contributed by atoms with Crippen molar-refractivity contribution >= 4 is 11.9 Å². The molecule has 0 radical (unpaired) electrons. The lowest BCUT2D eigenvalue weighted by Crippen LogP contribution is -2.61. The summed E-state index contributed by atoms with van der Waals surface area (Å²) in [5.41, 5.74) is 0. The third kappa shape index (κ3) is 34.8. The van der Waals surface area contributed by atoms with Gasteiger partial charge in [-0.1, -0.05) is 208 Å². The van der Waals surface area contributed by atoms with Crippen LogP contribution < -0.4 is 5.32 Å². The van der Waals surface area contributed by atoms with Crippen molar-refractivity contribution in [2.45, 2.75) is 250 Å². The highest BCUT2D eigenvalue weighted by Crippen LogP contribution is 2.26. The molecule has 70 heavy (non-hydrogen) atoms. The number of amides is 1. The van der Waals surface area contributed by atoms with Crippen LogP contribution in [0.15, 0.2) is 97.2 Å². The van der Waals surface area contributed by atoms with Crippen LogP contribution in [0.2, 0.25) is 0 Å². The van der Waals surface area contributed by atoms with Crippen molar-refractivity contribution in [3.63, 3.8) is 0 Å². The summed E-state index contributed by atoms with van der Waals surface area (Å²) in [6.07, 6.45) is 50.5. The average Bonchev–Trinajstić information content (AvgIpc) is 3.36. The molecule has 6 N–H and O–H groups in total. The van der Waals surface area contributed by atoms with Gasteiger partial charge in [0.1, 0.15) is 24.4 Å². The number of aliphatic hydroxyl groups excluding tert-OH is 5. The summed E-state index contributed by atoms with van der Waals surface area (Å²) in [6.45, 7) is 5.54. The van der Waals surface area contributed by atoms with Crippen molar-refractivity contribution in [3.05, 3.63) is 97.2 Å². The SMILES string of the molecule is CC/C=C\C/C=C\C/C=C\C/C=C\C/C=C\C/C=C\CC(O)C(=O)NC(COC1OC(CO)C(O)C(O)C1OC(=O)CCCCCCC/C=C\CCCC)C(O)/C=C/CCCCCCCCCCCC. The van der Waals surface area contributed by atoms with Crippen LogP contribution in [0.1, 0.15) is 201 Å². The largest absolute Gasteiger partial charge is 0.454 e. The van der Waals surface area contributed by atoms with Crippen LogP contribution in [0.4, 0.5) is 0 Å². The van der Waals surface area contributed by atoms with Gasteiger partial charge in [-0.2, -0.15) is 0 Å². The topological polar surface area (TPSA) is 175 Å². The summed E-state index contributed by atoms with van der Waals surface area (Å²) >= 11 is 0. The molecule has 1 saturated heterocycles. The number of allylic oxidation sites excluding steroid dienone is 14. The monoisotopic (exact) mass is 982 g/mol. The summed E-state index contributed by atoms with van der Waals surface area (Å²) in [7, 11) is 0. The Morgan fingerprint density at radius 3 is 1.57 bits per heavy atom. The van der Waals surface area contributed by atoms with Gasteiger partial charge in [0, 0.05) is 12.8 Å². The smallest absolute Gasteiger partial charge is 0.306 e. The molecule has 0 spiro atoms. The highest BCUT2D eigenvalue weighted by atomic mass is 16.7. The van der Waals surface area contributed by atoms with E-state index >= 15 is 0 Å². The summed E-state index contributed by atoms with van der Waals surface area (Å²) in [5, 5.41) is 56.5. The minimum Gasteiger partial charge on any atom is -0.454 e. The molecule has 0 aromatic carbocycles. The van der Waals surface area contributed by atoms with Crippen molar-refractivity contribution in [2.24, 2.45) is 0 Å². The zero-order valence-electron chi connectivity index (χ0n) is 43.8. The highest BCUT2D eigenvalue weighted by molar-refractivity contribution is 5.81. The van der Waals surface area contributed by atoms with E-state index in [0.717, 1.165) is 96.3 Å². The van der Waals surface area contributed by atoms with Crippen molar-refractivity contribution in [3.8, 4) is 0 Å². The lowest BCUT2D eigenvalue weighted by atomic mass is 9.99. The highest BCUT2D eigenvalue weighted by Gasteiger charge is 2.47. The number of carbonyl (C=O) groups excluding carboxylic acids is 2. The quantitative estimate of drug-likeness (QED) is 0.0196. The maximum Gasteiger partial charge on any atom is 0.306 e. The third-order valence-corrected chi connectivity index (χ3v) is 12.2. The first-order valence-electron chi connectivity index (χ1n) is 27.5. The maximum absolute atomic E-state index is 13.3. The Morgan fingerprint density at radius 1 is 0.571 bits per heavy atom. The molecular weight excluding hydrogens is 883 g/mol. The minimum absolute atomic E-state index is 0.0529. The second-order valence-electron chi connectivity index (χ2n) is 18.6. The number of esters is 1. The van der Waals surface area contributed by atoms with Gasteiger partial charge in [-0.05, 0) is 77.0 Å². The second-order valence-corrected chi connectivity index (χ2v) is 18.6. The van der Waals surface area contributed by atoms with Crippen LogP contribution in [-0.2, 0) is 23.8 Å². The van der Waals surface area contributed by atoms with Gasteiger partial charge in [-0.25, -0.2) is 0 Å². The van der Waals surface area contributed by atoms with Crippen LogP contribution in [-0.4, -0.2) is 99.6 Å². The predicted molar refractivity (Wildman–Crippen MR) is 287 cm³/mol. The van der Waals surface area contributed by atoms with Crippen molar-refractivity contribution in [1.29, 1.82) is 0 Å².